The molecule has 0 unspecified atom stereocenters. The molecule has 198 valence electrons. The van der Waals surface area contributed by atoms with Crippen molar-refractivity contribution < 1.29 is 14.3 Å². The van der Waals surface area contributed by atoms with Gasteiger partial charge in [0.25, 0.3) is 5.91 Å². The summed E-state index contributed by atoms with van der Waals surface area (Å²) < 4.78 is 8.74. The molecule has 0 spiro atoms. The minimum absolute atomic E-state index is 0.162. The second kappa shape index (κ2) is 10.1. The van der Waals surface area contributed by atoms with Gasteiger partial charge in [0, 0.05) is 27.7 Å². The van der Waals surface area contributed by atoms with Crippen LogP contribution in [0.15, 0.2) is 18.7 Å². The molecule has 2 amide bonds. The fourth-order valence-electron chi connectivity index (χ4n) is 5.25. The van der Waals surface area contributed by atoms with Crippen LogP contribution in [0.4, 0.5) is 5.82 Å². The van der Waals surface area contributed by atoms with Gasteiger partial charge in [0.2, 0.25) is 5.91 Å². The summed E-state index contributed by atoms with van der Waals surface area (Å²) in [4.78, 5) is 26.7. The van der Waals surface area contributed by atoms with Crippen LogP contribution in [0.3, 0.4) is 0 Å². The van der Waals surface area contributed by atoms with Crippen LogP contribution in [0.25, 0.3) is 11.0 Å². The van der Waals surface area contributed by atoms with Crippen LogP contribution in [-0.2, 0) is 16.6 Å². The van der Waals surface area contributed by atoms with Crippen LogP contribution >= 0.6 is 11.6 Å². The maximum atomic E-state index is 12.5. The van der Waals surface area contributed by atoms with E-state index in [1.165, 1.54) is 6.08 Å². The molecule has 1 aromatic carbocycles. The lowest BCUT2D eigenvalue weighted by atomic mass is 10.0. The number of ether oxygens (including phenoxy) is 1. The molecule has 12 heteroatoms. The first-order chi connectivity index (χ1) is 18.3. The van der Waals surface area contributed by atoms with Crippen molar-refractivity contribution in [1.29, 1.82) is 0 Å². The largest absolute Gasteiger partial charge is 0.383 e. The van der Waals surface area contributed by atoms with Gasteiger partial charge in [-0.3, -0.25) is 9.59 Å². The lowest BCUT2D eigenvalue weighted by Crippen LogP contribution is -2.37. The third kappa shape index (κ3) is 4.40. The van der Waals surface area contributed by atoms with Crippen molar-refractivity contribution in [3.05, 3.63) is 46.1 Å². The Kier molecular flexibility index (Phi) is 6.86. The first-order valence-electron chi connectivity index (χ1n) is 12.3. The maximum Gasteiger partial charge on any atom is 0.255 e. The average Bonchev–Trinajstić information content (AvgIpc) is 3.38. The number of carbonyl (C=O) groups excluding carboxylic acids is 2. The van der Waals surface area contributed by atoms with Crippen molar-refractivity contribution in [2.75, 3.05) is 32.6 Å². The number of nitrogens with zero attached hydrogens (tertiary/aromatic N) is 6. The van der Waals surface area contributed by atoms with Crippen LogP contribution < -0.4 is 11.1 Å². The Balaban J connectivity index is 1.58. The van der Waals surface area contributed by atoms with Crippen LogP contribution in [0, 0.1) is 11.8 Å². The van der Waals surface area contributed by atoms with Gasteiger partial charge in [0.05, 0.1) is 34.8 Å². The van der Waals surface area contributed by atoms with Gasteiger partial charge in [-0.1, -0.05) is 29.3 Å². The van der Waals surface area contributed by atoms with E-state index in [2.05, 4.69) is 39.1 Å². The molecule has 0 radical (unpaired) electrons. The number of amides is 2. The Bertz CT molecular complexity index is 1510. The van der Waals surface area contributed by atoms with E-state index in [9.17, 15) is 9.59 Å². The molecule has 0 bridgehead atoms. The highest BCUT2D eigenvalue weighted by Gasteiger charge is 2.38. The Hall–Kier alpha value is -3.88. The highest BCUT2D eigenvalue weighted by atomic mass is 35.5. The summed E-state index contributed by atoms with van der Waals surface area (Å²) in [5, 5.41) is 16.7. The number of primary amides is 1. The van der Waals surface area contributed by atoms with Gasteiger partial charge in [0.15, 0.2) is 5.69 Å². The molecule has 1 saturated heterocycles. The second-order valence-electron chi connectivity index (χ2n) is 9.58. The number of fused-ring (bicyclic) bond motifs is 1. The molecule has 38 heavy (non-hydrogen) atoms. The molecular formula is C26H29ClN8O3. The predicted octanol–water partition coefficient (Wildman–Crippen LogP) is 2.21. The van der Waals surface area contributed by atoms with Gasteiger partial charge >= 0.3 is 0 Å². The first kappa shape index (κ1) is 25.8. The van der Waals surface area contributed by atoms with Gasteiger partial charge in [-0.05, 0) is 48.8 Å². The molecule has 2 atom stereocenters. The minimum Gasteiger partial charge on any atom is -0.383 e. The summed E-state index contributed by atoms with van der Waals surface area (Å²) in [7, 11) is 5.12. The molecule has 3 aromatic rings. The van der Waals surface area contributed by atoms with E-state index in [-0.39, 0.29) is 29.2 Å². The average molecular weight is 537 g/mol. The van der Waals surface area contributed by atoms with Gasteiger partial charge in [-0.25, -0.2) is 9.36 Å². The minimum atomic E-state index is -0.671. The van der Waals surface area contributed by atoms with Crippen LogP contribution in [0.2, 0.25) is 5.02 Å². The Morgan fingerprint density at radius 2 is 2.13 bits per heavy atom. The summed E-state index contributed by atoms with van der Waals surface area (Å²) >= 11 is 6.66. The summed E-state index contributed by atoms with van der Waals surface area (Å²) in [6.07, 6.45) is 4.07. The van der Waals surface area contributed by atoms with E-state index in [1.807, 2.05) is 13.1 Å². The summed E-state index contributed by atoms with van der Waals surface area (Å²) in [6.45, 7) is 4.34. The molecule has 3 heterocycles. The number of carbonyl (C=O) groups is 2. The van der Waals surface area contributed by atoms with E-state index in [0.29, 0.717) is 47.4 Å². The second-order valence-corrected chi connectivity index (χ2v) is 9.99. The van der Waals surface area contributed by atoms with Gasteiger partial charge in [-0.2, -0.15) is 5.10 Å². The van der Waals surface area contributed by atoms with E-state index in [4.69, 9.17) is 22.1 Å². The number of methoxy groups -OCH3 is 1. The number of likely N-dealkylation sites (tertiary alicyclic amines) is 1. The molecule has 1 saturated carbocycles. The molecule has 1 aliphatic carbocycles. The molecule has 3 N–H and O–H groups in total. The standard InChI is InChI=1S/C26H29ClN8O3/c1-5-21(36)34-12-15(10-16(34)13-38-4)35-26(29-2)22(25(28)37)20(31-35)9-8-17-19(27)11-18(14-6-7-14)24-23(17)30-32-33(24)3/h5,11,14-16,29H,1,6-7,10,12-13H2,2-4H3,(H2,28,37)/t15-,16+/m0/s1. The lowest BCUT2D eigenvalue weighted by Gasteiger charge is -2.22. The third-order valence-corrected chi connectivity index (χ3v) is 7.43. The molecule has 1 aliphatic heterocycles. The van der Waals surface area contributed by atoms with Crippen molar-refractivity contribution >= 4 is 40.3 Å². The first-order valence-corrected chi connectivity index (χ1v) is 12.7. The fourth-order valence-corrected chi connectivity index (χ4v) is 5.51. The van der Waals surface area contributed by atoms with Crippen molar-refractivity contribution in [1.82, 2.24) is 29.7 Å². The summed E-state index contributed by atoms with van der Waals surface area (Å²) in [5.41, 5.74) is 9.29. The Labute approximate surface area is 224 Å². The highest BCUT2D eigenvalue weighted by Crippen LogP contribution is 2.44. The monoisotopic (exact) mass is 536 g/mol. The highest BCUT2D eigenvalue weighted by molar-refractivity contribution is 6.33. The van der Waals surface area contributed by atoms with Crippen LogP contribution in [0.5, 0.6) is 0 Å². The quantitative estimate of drug-likeness (QED) is 0.349. The number of aromatic nitrogens is 5. The number of halogens is 1. The smallest absolute Gasteiger partial charge is 0.255 e. The van der Waals surface area contributed by atoms with Crippen molar-refractivity contribution in [3.8, 4) is 11.8 Å². The van der Waals surface area contributed by atoms with E-state index in [0.717, 1.165) is 23.9 Å². The van der Waals surface area contributed by atoms with Crippen molar-refractivity contribution in [2.45, 2.75) is 37.3 Å². The summed E-state index contributed by atoms with van der Waals surface area (Å²) in [6, 6.07) is 1.54. The van der Waals surface area contributed by atoms with Crippen molar-refractivity contribution in [2.24, 2.45) is 12.8 Å². The van der Waals surface area contributed by atoms with E-state index < -0.39 is 5.91 Å². The predicted molar refractivity (Wildman–Crippen MR) is 143 cm³/mol. The number of hydrogen-bond donors (Lipinski definition) is 2. The number of nitrogens with one attached hydrogen (secondary N) is 1. The number of aryl methyl sites for hydroxylation is 1. The number of nitrogens with two attached hydrogens (primary N) is 1. The van der Waals surface area contributed by atoms with Crippen molar-refractivity contribution in [3.63, 3.8) is 0 Å². The topological polar surface area (TPSA) is 133 Å². The Morgan fingerprint density at radius 3 is 2.76 bits per heavy atom. The van der Waals surface area contributed by atoms with E-state index >= 15 is 0 Å². The fraction of sp³-hybridized carbons (Fsp3) is 0.423. The third-order valence-electron chi connectivity index (χ3n) is 7.13. The molecular weight excluding hydrogens is 508 g/mol. The molecule has 5 rings (SSSR count). The molecule has 2 fully saturated rings. The number of anilines is 1. The maximum absolute atomic E-state index is 12.5. The zero-order valence-corrected chi connectivity index (χ0v) is 22.2. The number of rotatable bonds is 7. The Morgan fingerprint density at radius 1 is 1.37 bits per heavy atom. The molecule has 11 nitrogen and oxygen atoms in total. The SMILES string of the molecule is C=CC(=O)N1C[C@@H](n2nc(C#Cc3c(Cl)cc(C4CC4)c4c3nnn4C)c(C(N)=O)c2NC)C[C@@H]1COC. The summed E-state index contributed by atoms with van der Waals surface area (Å²) in [5.74, 6) is 6.10. The van der Waals surface area contributed by atoms with Gasteiger partial charge in [0.1, 0.15) is 16.9 Å². The normalized spacial score (nSPS) is 18.9. The lowest BCUT2D eigenvalue weighted by molar-refractivity contribution is -0.127. The number of hydrogen-bond acceptors (Lipinski definition) is 7. The van der Waals surface area contributed by atoms with Gasteiger partial charge < -0.3 is 20.7 Å². The van der Waals surface area contributed by atoms with Gasteiger partial charge in [-0.15, -0.1) is 5.10 Å². The van der Waals surface area contributed by atoms with E-state index in [1.54, 1.807) is 28.4 Å². The van der Waals surface area contributed by atoms with Crippen LogP contribution in [-0.4, -0.2) is 74.8 Å². The zero-order valence-electron chi connectivity index (χ0n) is 21.5. The number of benzene rings is 1. The zero-order chi connectivity index (χ0) is 27.1. The van der Waals surface area contributed by atoms with Crippen LogP contribution in [0.1, 0.15) is 58.4 Å². The molecule has 2 aromatic heterocycles. The molecule has 2 aliphatic rings.